The number of hydrogen-bond donors (Lipinski definition) is 0. The molecule has 1 amide bonds. The number of nitrogens with zero attached hydrogens (tertiary/aromatic N) is 3. The Morgan fingerprint density at radius 2 is 1.83 bits per heavy atom. The first-order valence-corrected chi connectivity index (χ1v) is 13.4. The molecule has 0 N–H and O–H groups in total. The summed E-state index contributed by atoms with van der Waals surface area (Å²) in [6, 6.07) is 15.9. The van der Waals surface area contributed by atoms with Crippen LogP contribution >= 0.6 is 23.1 Å². The van der Waals surface area contributed by atoms with Gasteiger partial charge in [-0.05, 0) is 36.7 Å². The topological polar surface area (TPSA) is 64.0 Å². The number of hydrogen-bond acceptors (Lipinski definition) is 7. The first-order valence-electron chi connectivity index (χ1n) is 11.7. The first-order chi connectivity index (χ1) is 17.2. The molecule has 2 aliphatic rings. The summed E-state index contributed by atoms with van der Waals surface area (Å²) in [7, 11) is 3.22. The summed E-state index contributed by atoms with van der Waals surface area (Å²) in [6.45, 7) is 0. The van der Waals surface area contributed by atoms with E-state index in [9.17, 15) is 4.79 Å². The van der Waals surface area contributed by atoms with Crippen LogP contribution in [-0.4, -0.2) is 41.2 Å². The molecule has 1 saturated heterocycles. The van der Waals surface area contributed by atoms with Gasteiger partial charge in [0.25, 0.3) is 5.91 Å². The molecule has 2 aromatic carbocycles. The molecule has 180 valence electrons. The van der Waals surface area contributed by atoms with Gasteiger partial charge in [-0.3, -0.25) is 9.69 Å². The van der Waals surface area contributed by atoms with Crippen molar-refractivity contribution in [2.75, 3.05) is 14.2 Å². The maximum atomic E-state index is 13.7. The molecule has 0 spiro atoms. The van der Waals surface area contributed by atoms with Crippen LogP contribution in [0.3, 0.4) is 0 Å². The number of aliphatic imine (C=N–C) groups is 1. The molecule has 1 saturated carbocycles. The second kappa shape index (κ2) is 10.7. The predicted molar refractivity (Wildman–Crippen MR) is 143 cm³/mol. The molecule has 0 unspecified atom stereocenters. The van der Waals surface area contributed by atoms with Crippen LogP contribution in [0, 0.1) is 0 Å². The molecule has 0 radical (unpaired) electrons. The molecule has 2 heterocycles. The zero-order chi connectivity index (χ0) is 24.2. The summed E-state index contributed by atoms with van der Waals surface area (Å²) in [6.07, 6.45) is 7.34. The van der Waals surface area contributed by atoms with Crippen LogP contribution in [-0.2, 0) is 4.79 Å². The highest BCUT2D eigenvalue weighted by molar-refractivity contribution is 8.18. The van der Waals surface area contributed by atoms with Crippen molar-refractivity contribution in [3.05, 3.63) is 64.4 Å². The summed E-state index contributed by atoms with van der Waals surface area (Å²) in [5.41, 5.74) is 2.75. The van der Waals surface area contributed by atoms with Crippen molar-refractivity contribution >= 4 is 45.4 Å². The third-order valence-corrected chi connectivity index (χ3v) is 7.97. The van der Waals surface area contributed by atoms with Crippen LogP contribution < -0.4 is 9.47 Å². The van der Waals surface area contributed by atoms with E-state index in [0.29, 0.717) is 26.7 Å². The largest absolute Gasteiger partial charge is 0.493 e. The van der Waals surface area contributed by atoms with Crippen molar-refractivity contribution in [3.63, 3.8) is 0 Å². The van der Waals surface area contributed by atoms with E-state index in [1.54, 1.807) is 14.2 Å². The number of amidine groups is 1. The lowest BCUT2D eigenvalue weighted by atomic mass is 9.94. The quantitative estimate of drug-likeness (QED) is 0.346. The van der Waals surface area contributed by atoms with E-state index >= 15 is 0 Å². The third-order valence-electron chi connectivity index (χ3n) is 6.25. The third kappa shape index (κ3) is 4.99. The molecule has 6 nitrogen and oxygen atoms in total. The Hall–Kier alpha value is -3.10. The number of ether oxygens (including phenoxy) is 2. The highest BCUT2D eigenvalue weighted by Gasteiger charge is 2.39. The Morgan fingerprint density at radius 3 is 2.57 bits per heavy atom. The Balaban J connectivity index is 1.51. The van der Waals surface area contributed by atoms with Crippen molar-refractivity contribution in [1.82, 2.24) is 9.88 Å². The zero-order valence-corrected chi connectivity index (χ0v) is 21.4. The summed E-state index contributed by atoms with van der Waals surface area (Å²) < 4.78 is 11.0. The molecule has 1 aliphatic carbocycles. The molecule has 1 aromatic heterocycles. The number of amides is 1. The molecule has 1 aliphatic heterocycles. The lowest BCUT2D eigenvalue weighted by Gasteiger charge is -2.30. The van der Waals surface area contributed by atoms with Gasteiger partial charge < -0.3 is 9.47 Å². The van der Waals surface area contributed by atoms with E-state index in [2.05, 4.69) is 0 Å². The van der Waals surface area contributed by atoms with Crippen LogP contribution in [0.25, 0.3) is 17.3 Å². The van der Waals surface area contributed by atoms with Crippen LogP contribution in [0.4, 0.5) is 5.13 Å². The first kappa shape index (κ1) is 23.6. The normalized spacial score (nSPS) is 19.0. The number of carbonyl (C=O) groups is 1. The highest BCUT2D eigenvalue weighted by atomic mass is 32.2. The average Bonchev–Trinajstić information content (AvgIpc) is 3.49. The van der Waals surface area contributed by atoms with Crippen LogP contribution in [0.2, 0.25) is 0 Å². The van der Waals surface area contributed by atoms with E-state index in [1.165, 1.54) is 29.5 Å². The smallest absolute Gasteiger partial charge is 0.267 e. The second-order valence-electron chi connectivity index (χ2n) is 8.44. The number of carbonyl (C=O) groups excluding carboxylic acids is 1. The Morgan fingerprint density at radius 1 is 1.03 bits per heavy atom. The molecule has 5 rings (SSSR count). The second-order valence-corrected chi connectivity index (χ2v) is 10.3. The number of para-hydroxylation sites is 1. The highest BCUT2D eigenvalue weighted by Crippen LogP contribution is 2.41. The molecule has 0 atom stereocenters. The van der Waals surface area contributed by atoms with E-state index < -0.39 is 0 Å². The summed E-state index contributed by atoms with van der Waals surface area (Å²) in [5, 5.41) is 3.36. The van der Waals surface area contributed by atoms with Crippen molar-refractivity contribution in [1.29, 1.82) is 0 Å². The predicted octanol–water partition coefficient (Wildman–Crippen LogP) is 6.76. The fourth-order valence-corrected chi connectivity index (χ4v) is 6.32. The monoisotopic (exact) mass is 505 g/mol. The molecule has 0 bridgehead atoms. The molecule has 3 aromatic rings. The summed E-state index contributed by atoms with van der Waals surface area (Å²) in [4.78, 5) is 25.8. The van der Waals surface area contributed by atoms with Gasteiger partial charge in [-0.1, -0.05) is 61.7 Å². The van der Waals surface area contributed by atoms with E-state index in [0.717, 1.165) is 42.5 Å². The van der Waals surface area contributed by atoms with Gasteiger partial charge in [0.05, 0.1) is 24.8 Å². The van der Waals surface area contributed by atoms with Gasteiger partial charge >= 0.3 is 0 Å². The Kier molecular flexibility index (Phi) is 7.20. The number of aromatic nitrogens is 1. The summed E-state index contributed by atoms with van der Waals surface area (Å²) >= 11 is 2.90. The van der Waals surface area contributed by atoms with Crippen LogP contribution in [0.5, 0.6) is 11.5 Å². The molecule has 35 heavy (non-hydrogen) atoms. The Labute approximate surface area is 213 Å². The van der Waals surface area contributed by atoms with Gasteiger partial charge in [0.1, 0.15) is 0 Å². The van der Waals surface area contributed by atoms with Gasteiger partial charge in [-0.25, -0.2) is 4.98 Å². The van der Waals surface area contributed by atoms with E-state index in [4.69, 9.17) is 19.5 Å². The average molecular weight is 506 g/mol. The molecule has 2 fully saturated rings. The number of rotatable bonds is 6. The van der Waals surface area contributed by atoms with E-state index in [-0.39, 0.29) is 11.9 Å². The van der Waals surface area contributed by atoms with Gasteiger partial charge in [-0.2, -0.15) is 4.99 Å². The summed E-state index contributed by atoms with van der Waals surface area (Å²) in [5.74, 6) is 1.23. The number of thioether (sulfide) groups is 1. The fourth-order valence-electron chi connectivity index (χ4n) is 4.53. The van der Waals surface area contributed by atoms with Crippen molar-refractivity contribution in [3.8, 4) is 22.8 Å². The van der Waals surface area contributed by atoms with Crippen LogP contribution in [0.15, 0.2) is 63.8 Å². The Bertz CT molecular complexity index is 1260. The minimum Gasteiger partial charge on any atom is -0.493 e. The lowest BCUT2D eigenvalue weighted by molar-refractivity contribution is -0.124. The van der Waals surface area contributed by atoms with Crippen molar-refractivity contribution in [2.45, 2.75) is 38.1 Å². The van der Waals surface area contributed by atoms with Crippen molar-refractivity contribution in [2.24, 2.45) is 4.99 Å². The molecular weight excluding hydrogens is 478 g/mol. The number of benzene rings is 2. The fraction of sp³-hybridized carbons (Fsp3) is 0.296. The number of thiazole rings is 1. The van der Waals surface area contributed by atoms with Gasteiger partial charge in [0.2, 0.25) is 5.13 Å². The molecular formula is C27H27N3O3S2. The number of methoxy groups -OCH3 is 2. The standard InChI is InChI=1S/C27H27N3O3S2/c1-32-22-15-9-12-19(24(22)33-2)16-23-25(31)30(20-13-7-4-8-14-20)27(35-23)29-26-28-21(17-34-26)18-10-5-3-6-11-18/h3,5-6,9-12,15-17,20H,4,7-8,13-14H2,1-2H3/b23-16-,29-27+. The van der Waals surface area contributed by atoms with Gasteiger partial charge in [0, 0.05) is 22.5 Å². The maximum absolute atomic E-state index is 13.7. The van der Waals surface area contributed by atoms with Crippen LogP contribution in [0.1, 0.15) is 37.7 Å². The van der Waals surface area contributed by atoms with Crippen molar-refractivity contribution < 1.29 is 14.3 Å². The van der Waals surface area contributed by atoms with E-state index in [1.807, 2.05) is 64.9 Å². The molecule has 8 heteroatoms. The maximum Gasteiger partial charge on any atom is 0.267 e. The van der Waals surface area contributed by atoms with Gasteiger partial charge in [-0.15, -0.1) is 11.3 Å². The SMILES string of the molecule is COc1cccc(/C=C2\S/C(=N/c3nc(-c4ccccc4)cs3)N(C3CCCCC3)C2=O)c1OC. The zero-order valence-electron chi connectivity index (χ0n) is 19.8. The van der Waals surface area contributed by atoms with Gasteiger partial charge in [0.15, 0.2) is 16.7 Å². The minimum atomic E-state index is -0.00892. The lowest BCUT2D eigenvalue weighted by Crippen LogP contribution is -2.40. The minimum absolute atomic E-state index is 0.00892.